The molecule has 0 fully saturated rings. The zero-order valence-corrected chi connectivity index (χ0v) is 11.1. The molecule has 0 spiro atoms. The first-order chi connectivity index (χ1) is 9.65. The largest absolute Gasteiger partial charge is 0.422 e. The highest BCUT2D eigenvalue weighted by atomic mass is 35.5. The molecule has 5 heteroatoms. The number of para-hydroxylation sites is 1. The lowest BCUT2D eigenvalue weighted by atomic mass is 10.2. The first kappa shape index (κ1) is 12.7. The molecule has 3 rings (SSSR count). The molecule has 0 N–H and O–H groups in total. The van der Waals surface area contributed by atoms with E-state index < -0.39 is 5.76 Å². The van der Waals surface area contributed by atoms with Gasteiger partial charge in [-0.05, 0) is 29.8 Å². The summed E-state index contributed by atoms with van der Waals surface area (Å²) in [4.78, 5) is 24.2. The van der Waals surface area contributed by atoms with Crippen LogP contribution < -0.4 is 11.3 Å². The summed E-state index contributed by atoms with van der Waals surface area (Å²) in [5.41, 5.74) is 0.751. The van der Waals surface area contributed by atoms with Crippen LogP contribution in [0, 0.1) is 0 Å². The van der Waals surface area contributed by atoms with Crippen LogP contribution in [0.3, 0.4) is 0 Å². The molecule has 100 valence electrons. The second-order valence-corrected chi connectivity index (χ2v) is 4.82. The molecule has 0 unspecified atom stereocenters. The standard InChI is InChI=1S/C15H10ClNO3/c16-11-7-5-10(6-8-11)9-17-14(18)12-3-1-2-4-13(12)20-15(17)19/h1-8H,9H2. The number of rotatable bonds is 2. The van der Waals surface area contributed by atoms with Gasteiger partial charge in [-0.25, -0.2) is 9.36 Å². The molecule has 4 nitrogen and oxygen atoms in total. The Kier molecular flexibility index (Phi) is 3.16. The molecule has 2 aromatic carbocycles. The zero-order valence-electron chi connectivity index (χ0n) is 10.4. The van der Waals surface area contributed by atoms with Crippen molar-refractivity contribution in [3.05, 3.63) is 80.0 Å². The van der Waals surface area contributed by atoms with E-state index in [1.54, 1.807) is 48.5 Å². The fourth-order valence-electron chi connectivity index (χ4n) is 2.02. The van der Waals surface area contributed by atoms with Gasteiger partial charge >= 0.3 is 5.76 Å². The average molecular weight is 288 g/mol. The van der Waals surface area contributed by atoms with Crippen molar-refractivity contribution >= 4 is 22.6 Å². The maximum Gasteiger partial charge on any atom is 0.422 e. The summed E-state index contributed by atoms with van der Waals surface area (Å²) in [6.45, 7) is 0.156. The summed E-state index contributed by atoms with van der Waals surface area (Å²) in [6.07, 6.45) is 0. The highest BCUT2D eigenvalue weighted by Crippen LogP contribution is 2.10. The van der Waals surface area contributed by atoms with Crippen LogP contribution in [0.15, 0.2) is 62.5 Å². The summed E-state index contributed by atoms with van der Waals surface area (Å²) in [6, 6.07) is 13.6. The summed E-state index contributed by atoms with van der Waals surface area (Å²) in [5.74, 6) is -0.663. The van der Waals surface area contributed by atoms with Gasteiger partial charge in [-0.1, -0.05) is 35.9 Å². The Balaban J connectivity index is 2.14. The normalized spacial score (nSPS) is 10.8. The zero-order chi connectivity index (χ0) is 14.1. The molecule has 0 aliphatic heterocycles. The lowest BCUT2D eigenvalue weighted by Crippen LogP contribution is -2.32. The molecule has 0 atom stereocenters. The van der Waals surface area contributed by atoms with E-state index in [0.29, 0.717) is 16.0 Å². The third-order valence-corrected chi connectivity index (χ3v) is 3.29. The number of nitrogens with zero attached hydrogens (tertiary/aromatic N) is 1. The van der Waals surface area contributed by atoms with Gasteiger partial charge in [0.05, 0.1) is 11.9 Å². The van der Waals surface area contributed by atoms with Gasteiger partial charge in [-0.3, -0.25) is 4.79 Å². The van der Waals surface area contributed by atoms with Gasteiger partial charge < -0.3 is 4.42 Å². The van der Waals surface area contributed by atoms with Crippen molar-refractivity contribution in [3.8, 4) is 0 Å². The quantitative estimate of drug-likeness (QED) is 0.728. The number of fused-ring (bicyclic) bond motifs is 1. The fraction of sp³-hybridized carbons (Fsp3) is 0.0667. The average Bonchev–Trinajstić information content (AvgIpc) is 2.45. The molecule has 0 amide bonds. The molecule has 0 aliphatic rings. The fourth-order valence-corrected chi connectivity index (χ4v) is 2.14. The monoisotopic (exact) mass is 287 g/mol. The van der Waals surface area contributed by atoms with Crippen molar-refractivity contribution in [2.24, 2.45) is 0 Å². The van der Waals surface area contributed by atoms with E-state index in [1.807, 2.05) is 0 Å². The summed E-state index contributed by atoms with van der Waals surface area (Å²) in [5, 5.41) is 0.993. The van der Waals surface area contributed by atoms with E-state index in [9.17, 15) is 9.59 Å². The lowest BCUT2D eigenvalue weighted by molar-refractivity contribution is 0.471. The molecule has 0 saturated heterocycles. The minimum absolute atomic E-state index is 0.156. The highest BCUT2D eigenvalue weighted by molar-refractivity contribution is 6.30. The summed E-state index contributed by atoms with van der Waals surface area (Å²) in [7, 11) is 0. The smallest absolute Gasteiger partial charge is 0.409 e. The highest BCUT2D eigenvalue weighted by Gasteiger charge is 2.09. The van der Waals surface area contributed by atoms with Crippen LogP contribution in [-0.2, 0) is 6.54 Å². The van der Waals surface area contributed by atoms with Gasteiger partial charge in [-0.15, -0.1) is 0 Å². The van der Waals surface area contributed by atoms with Gasteiger partial charge in [0.2, 0.25) is 0 Å². The van der Waals surface area contributed by atoms with Crippen LogP contribution in [0.2, 0.25) is 5.02 Å². The van der Waals surface area contributed by atoms with Gasteiger partial charge in [0, 0.05) is 5.02 Å². The molecule has 0 radical (unpaired) electrons. The second kappa shape index (κ2) is 4.98. The van der Waals surface area contributed by atoms with E-state index in [1.165, 1.54) is 0 Å². The Labute approximate surface area is 118 Å². The van der Waals surface area contributed by atoms with Crippen LogP contribution in [0.1, 0.15) is 5.56 Å². The Morgan fingerprint density at radius 2 is 1.70 bits per heavy atom. The van der Waals surface area contributed by atoms with Gasteiger partial charge in [-0.2, -0.15) is 0 Å². The summed E-state index contributed by atoms with van der Waals surface area (Å²) >= 11 is 5.81. The SMILES string of the molecule is O=c1oc2ccccc2c(=O)n1Cc1ccc(Cl)cc1. The minimum atomic E-state index is -0.663. The summed E-state index contributed by atoms with van der Waals surface area (Å²) < 4.78 is 6.23. The molecule has 0 saturated carbocycles. The molecule has 1 heterocycles. The van der Waals surface area contributed by atoms with Crippen LogP contribution >= 0.6 is 11.6 Å². The number of hydrogen-bond donors (Lipinski definition) is 0. The van der Waals surface area contributed by atoms with Crippen LogP contribution in [0.4, 0.5) is 0 Å². The van der Waals surface area contributed by atoms with Gasteiger partial charge in [0.1, 0.15) is 5.58 Å². The maximum absolute atomic E-state index is 12.3. The van der Waals surface area contributed by atoms with Crippen LogP contribution in [-0.4, -0.2) is 4.57 Å². The van der Waals surface area contributed by atoms with Crippen molar-refractivity contribution in [2.75, 3.05) is 0 Å². The Morgan fingerprint density at radius 1 is 1.00 bits per heavy atom. The van der Waals surface area contributed by atoms with Crippen molar-refractivity contribution in [1.82, 2.24) is 4.57 Å². The van der Waals surface area contributed by atoms with E-state index >= 15 is 0 Å². The van der Waals surface area contributed by atoms with Crippen molar-refractivity contribution in [1.29, 1.82) is 0 Å². The minimum Gasteiger partial charge on any atom is -0.409 e. The first-order valence-corrected chi connectivity index (χ1v) is 6.40. The molecule has 3 aromatic rings. The van der Waals surface area contributed by atoms with Crippen LogP contribution in [0.5, 0.6) is 0 Å². The van der Waals surface area contributed by atoms with Gasteiger partial charge in [0.15, 0.2) is 0 Å². The predicted octanol–water partition coefficient (Wildman–Crippen LogP) is 2.66. The first-order valence-electron chi connectivity index (χ1n) is 6.02. The third kappa shape index (κ3) is 2.26. The van der Waals surface area contributed by atoms with Gasteiger partial charge in [0.25, 0.3) is 5.56 Å². The molecular formula is C15H10ClNO3. The number of hydrogen-bond acceptors (Lipinski definition) is 3. The number of benzene rings is 2. The predicted molar refractivity (Wildman–Crippen MR) is 77.3 cm³/mol. The molecular weight excluding hydrogens is 278 g/mol. The van der Waals surface area contributed by atoms with E-state index in [0.717, 1.165) is 10.1 Å². The number of aromatic nitrogens is 1. The van der Waals surface area contributed by atoms with Crippen molar-refractivity contribution in [3.63, 3.8) is 0 Å². The van der Waals surface area contributed by atoms with Crippen LogP contribution in [0.25, 0.3) is 11.0 Å². The van der Waals surface area contributed by atoms with E-state index in [2.05, 4.69) is 0 Å². The molecule has 0 bridgehead atoms. The Bertz CT molecular complexity index is 878. The van der Waals surface area contributed by atoms with E-state index in [4.69, 9.17) is 16.0 Å². The van der Waals surface area contributed by atoms with Crippen molar-refractivity contribution in [2.45, 2.75) is 6.54 Å². The van der Waals surface area contributed by atoms with Crippen molar-refractivity contribution < 1.29 is 4.42 Å². The molecule has 0 aliphatic carbocycles. The topological polar surface area (TPSA) is 52.2 Å². The third-order valence-electron chi connectivity index (χ3n) is 3.03. The molecule has 1 aromatic heterocycles. The Hall–Kier alpha value is -2.33. The molecule has 20 heavy (non-hydrogen) atoms. The maximum atomic E-state index is 12.3. The second-order valence-electron chi connectivity index (χ2n) is 4.38. The Morgan fingerprint density at radius 3 is 2.45 bits per heavy atom. The lowest BCUT2D eigenvalue weighted by Gasteiger charge is -2.05. The van der Waals surface area contributed by atoms with E-state index in [-0.39, 0.29) is 12.1 Å². The number of halogens is 1.